The molecule has 1 aliphatic heterocycles. The molecule has 24 heavy (non-hydrogen) atoms. The van der Waals surface area contributed by atoms with Crippen LogP contribution >= 0.6 is 11.6 Å². The van der Waals surface area contributed by atoms with E-state index in [0.717, 1.165) is 43.7 Å². The summed E-state index contributed by atoms with van der Waals surface area (Å²) in [5, 5.41) is 13.2. The fraction of sp³-hybridized carbons (Fsp3) is 0.368. The first-order chi connectivity index (χ1) is 11.6. The van der Waals surface area contributed by atoms with Crippen molar-refractivity contribution >= 4 is 17.3 Å². The van der Waals surface area contributed by atoms with Crippen LogP contribution in [0.4, 0.5) is 10.1 Å². The largest absolute Gasteiger partial charge is 0.393 e. The molecule has 5 heteroatoms. The van der Waals surface area contributed by atoms with Crippen LogP contribution in [-0.4, -0.2) is 29.2 Å². The van der Waals surface area contributed by atoms with E-state index in [-0.39, 0.29) is 11.1 Å². The van der Waals surface area contributed by atoms with E-state index < -0.39 is 5.82 Å². The van der Waals surface area contributed by atoms with Gasteiger partial charge in [-0.2, -0.15) is 0 Å². The van der Waals surface area contributed by atoms with Crippen LogP contribution in [-0.2, 0) is 13.1 Å². The molecule has 0 spiro atoms. The third kappa shape index (κ3) is 4.47. The van der Waals surface area contributed by atoms with Gasteiger partial charge in [0.1, 0.15) is 5.82 Å². The highest BCUT2D eigenvalue weighted by Crippen LogP contribution is 2.21. The maximum atomic E-state index is 13.5. The number of halogens is 2. The number of nitrogens with one attached hydrogen (secondary N) is 1. The van der Waals surface area contributed by atoms with Gasteiger partial charge in [-0.15, -0.1) is 0 Å². The Morgan fingerprint density at radius 1 is 1.17 bits per heavy atom. The summed E-state index contributed by atoms with van der Waals surface area (Å²) in [5.74, 6) is -0.392. The number of nitrogens with zero attached hydrogens (tertiary/aromatic N) is 1. The Bertz CT molecular complexity index is 687. The Balaban J connectivity index is 1.64. The molecule has 0 unspecified atom stereocenters. The number of rotatable bonds is 5. The molecule has 2 N–H and O–H groups in total. The molecule has 1 heterocycles. The molecule has 2 aromatic carbocycles. The summed E-state index contributed by atoms with van der Waals surface area (Å²) < 4.78 is 13.5. The lowest BCUT2D eigenvalue weighted by atomic mass is 10.1. The van der Waals surface area contributed by atoms with Crippen LogP contribution in [0.2, 0.25) is 5.02 Å². The predicted molar refractivity (Wildman–Crippen MR) is 95.7 cm³/mol. The average molecular weight is 349 g/mol. The van der Waals surface area contributed by atoms with Gasteiger partial charge in [-0.25, -0.2) is 4.39 Å². The average Bonchev–Trinajstić information content (AvgIpc) is 2.59. The second-order valence-corrected chi connectivity index (χ2v) is 6.67. The van der Waals surface area contributed by atoms with Gasteiger partial charge in [-0.3, -0.25) is 4.90 Å². The number of anilines is 1. The van der Waals surface area contributed by atoms with E-state index >= 15 is 0 Å². The molecule has 0 radical (unpaired) electrons. The van der Waals surface area contributed by atoms with Crippen molar-refractivity contribution in [2.24, 2.45) is 0 Å². The molecule has 0 saturated carbocycles. The fourth-order valence-corrected chi connectivity index (χ4v) is 3.11. The first kappa shape index (κ1) is 17.2. The zero-order valence-corrected chi connectivity index (χ0v) is 14.3. The highest BCUT2D eigenvalue weighted by atomic mass is 35.5. The summed E-state index contributed by atoms with van der Waals surface area (Å²) in [5.41, 5.74) is 3.12. The number of aliphatic hydroxyl groups is 1. The van der Waals surface area contributed by atoms with Crippen LogP contribution in [0, 0.1) is 5.82 Å². The molecule has 0 bridgehead atoms. The van der Waals surface area contributed by atoms with Crippen molar-refractivity contribution in [2.75, 3.05) is 18.4 Å². The van der Waals surface area contributed by atoms with E-state index in [2.05, 4.69) is 16.3 Å². The van der Waals surface area contributed by atoms with Crippen molar-refractivity contribution in [3.05, 3.63) is 64.4 Å². The van der Waals surface area contributed by atoms with E-state index in [1.54, 1.807) is 6.07 Å². The summed E-state index contributed by atoms with van der Waals surface area (Å²) in [6.45, 7) is 3.23. The second kappa shape index (κ2) is 7.97. The standard InChI is InChI=1S/C19H22ClFN2O/c20-17-6-5-14(11-18(17)21)12-22-19-4-2-1-3-15(19)13-23-9-7-16(24)8-10-23/h1-6,11,16,22,24H,7-10,12-13H2. The molecule has 1 aliphatic rings. The predicted octanol–water partition coefficient (Wildman–Crippen LogP) is 4.05. The fourth-order valence-electron chi connectivity index (χ4n) is 3.00. The third-order valence-corrected chi connectivity index (χ3v) is 4.74. The van der Waals surface area contributed by atoms with Gasteiger partial charge in [0, 0.05) is 31.9 Å². The number of hydrogen-bond acceptors (Lipinski definition) is 3. The van der Waals surface area contributed by atoms with Crippen LogP contribution in [0.3, 0.4) is 0 Å². The molecular formula is C19H22ClFN2O. The molecular weight excluding hydrogens is 327 g/mol. The van der Waals surface area contributed by atoms with Gasteiger partial charge in [-0.05, 0) is 42.2 Å². The smallest absolute Gasteiger partial charge is 0.142 e. The van der Waals surface area contributed by atoms with Crippen LogP contribution in [0.5, 0.6) is 0 Å². The van der Waals surface area contributed by atoms with Crippen molar-refractivity contribution in [3.63, 3.8) is 0 Å². The quantitative estimate of drug-likeness (QED) is 0.855. The number of para-hydroxylation sites is 1. The summed E-state index contributed by atoms with van der Waals surface area (Å²) in [7, 11) is 0. The number of likely N-dealkylation sites (tertiary alicyclic amines) is 1. The molecule has 0 aromatic heterocycles. The van der Waals surface area contributed by atoms with E-state index in [4.69, 9.17) is 11.6 Å². The maximum absolute atomic E-state index is 13.5. The Morgan fingerprint density at radius 2 is 1.92 bits per heavy atom. The first-order valence-electron chi connectivity index (χ1n) is 8.28. The van der Waals surface area contributed by atoms with Crippen molar-refractivity contribution in [1.82, 2.24) is 4.90 Å². The molecule has 3 nitrogen and oxygen atoms in total. The number of piperidine rings is 1. The molecule has 1 saturated heterocycles. The second-order valence-electron chi connectivity index (χ2n) is 6.27. The van der Waals surface area contributed by atoms with Gasteiger partial charge in [-0.1, -0.05) is 35.9 Å². The van der Waals surface area contributed by atoms with Gasteiger partial charge >= 0.3 is 0 Å². The lowest BCUT2D eigenvalue weighted by Crippen LogP contribution is -2.35. The third-order valence-electron chi connectivity index (χ3n) is 4.44. The molecule has 0 amide bonds. The zero-order valence-electron chi connectivity index (χ0n) is 13.5. The minimum atomic E-state index is -0.392. The van der Waals surface area contributed by atoms with E-state index in [0.29, 0.717) is 6.54 Å². The molecule has 128 valence electrons. The zero-order chi connectivity index (χ0) is 16.9. The molecule has 3 rings (SSSR count). The van der Waals surface area contributed by atoms with Gasteiger partial charge < -0.3 is 10.4 Å². The summed E-state index contributed by atoms with van der Waals surface area (Å²) in [6.07, 6.45) is 1.51. The van der Waals surface area contributed by atoms with E-state index in [9.17, 15) is 9.50 Å². The van der Waals surface area contributed by atoms with Crippen molar-refractivity contribution < 1.29 is 9.50 Å². The number of hydrogen-bond donors (Lipinski definition) is 2. The summed E-state index contributed by atoms with van der Waals surface area (Å²) in [4.78, 5) is 2.36. The Hall–Kier alpha value is -1.62. The van der Waals surface area contributed by atoms with Crippen LogP contribution in [0.15, 0.2) is 42.5 Å². The van der Waals surface area contributed by atoms with E-state index in [1.807, 2.05) is 24.3 Å². The van der Waals surface area contributed by atoms with E-state index in [1.165, 1.54) is 11.6 Å². The Labute approximate surface area is 147 Å². The summed E-state index contributed by atoms with van der Waals surface area (Å²) in [6, 6.07) is 13.0. The minimum absolute atomic E-state index is 0.145. The van der Waals surface area contributed by atoms with Gasteiger partial charge in [0.05, 0.1) is 11.1 Å². The molecule has 2 aromatic rings. The highest BCUT2D eigenvalue weighted by molar-refractivity contribution is 6.30. The van der Waals surface area contributed by atoms with Crippen molar-refractivity contribution in [3.8, 4) is 0 Å². The lowest BCUT2D eigenvalue weighted by Gasteiger charge is -2.30. The Kier molecular flexibility index (Phi) is 5.72. The number of aliphatic hydroxyl groups excluding tert-OH is 1. The molecule has 0 aliphatic carbocycles. The van der Waals surface area contributed by atoms with Crippen LogP contribution < -0.4 is 5.32 Å². The molecule has 0 atom stereocenters. The normalized spacial score (nSPS) is 16.3. The Morgan fingerprint density at radius 3 is 2.67 bits per heavy atom. The highest BCUT2D eigenvalue weighted by Gasteiger charge is 2.17. The minimum Gasteiger partial charge on any atom is -0.393 e. The first-order valence-corrected chi connectivity index (χ1v) is 8.66. The van der Waals surface area contributed by atoms with Crippen LogP contribution in [0.25, 0.3) is 0 Å². The van der Waals surface area contributed by atoms with Crippen LogP contribution in [0.1, 0.15) is 24.0 Å². The maximum Gasteiger partial charge on any atom is 0.142 e. The van der Waals surface area contributed by atoms with Gasteiger partial charge in [0.2, 0.25) is 0 Å². The topological polar surface area (TPSA) is 35.5 Å². The van der Waals surface area contributed by atoms with Gasteiger partial charge in [0.15, 0.2) is 0 Å². The van der Waals surface area contributed by atoms with Crippen molar-refractivity contribution in [1.29, 1.82) is 0 Å². The lowest BCUT2D eigenvalue weighted by molar-refractivity contribution is 0.0793. The molecule has 1 fully saturated rings. The number of benzene rings is 2. The van der Waals surface area contributed by atoms with Gasteiger partial charge in [0.25, 0.3) is 0 Å². The monoisotopic (exact) mass is 348 g/mol. The van der Waals surface area contributed by atoms with Crippen molar-refractivity contribution in [2.45, 2.75) is 32.0 Å². The summed E-state index contributed by atoms with van der Waals surface area (Å²) >= 11 is 5.72. The SMILES string of the molecule is OC1CCN(Cc2ccccc2NCc2ccc(Cl)c(F)c2)CC1.